The molecule has 1 saturated heterocycles. The van der Waals surface area contributed by atoms with Gasteiger partial charge in [-0.15, -0.1) is 0 Å². The highest BCUT2D eigenvalue weighted by atomic mass is 16.6. The average Bonchev–Trinajstić information content (AvgIpc) is 3.62. The highest BCUT2D eigenvalue weighted by Crippen LogP contribution is 2.40. The van der Waals surface area contributed by atoms with Crippen molar-refractivity contribution < 1.29 is 19.1 Å². The lowest BCUT2D eigenvalue weighted by Gasteiger charge is -2.34. The van der Waals surface area contributed by atoms with Crippen LogP contribution in [0.5, 0.6) is 0 Å². The van der Waals surface area contributed by atoms with Crippen LogP contribution in [0.3, 0.4) is 0 Å². The van der Waals surface area contributed by atoms with E-state index in [1.165, 1.54) is 32.1 Å². The summed E-state index contributed by atoms with van der Waals surface area (Å²) in [5, 5.41) is 2.92. The number of ether oxygens (including phenoxy) is 1. The Morgan fingerprint density at radius 3 is 2.43 bits per heavy atom. The van der Waals surface area contributed by atoms with Gasteiger partial charge in [-0.1, -0.05) is 50.3 Å². The summed E-state index contributed by atoms with van der Waals surface area (Å²) in [5.41, 5.74) is 1.14. The largest absolute Gasteiger partial charge is 0.444 e. The molecule has 1 aromatic rings. The first-order valence-corrected chi connectivity index (χ1v) is 14.3. The molecule has 7 heteroatoms. The number of benzene rings is 1. The Morgan fingerprint density at radius 1 is 1.03 bits per heavy atom. The summed E-state index contributed by atoms with van der Waals surface area (Å²) in [6.07, 6.45) is 9.57. The maximum absolute atomic E-state index is 14.0. The monoisotopic (exact) mass is 509 g/mol. The molecule has 0 spiro atoms. The van der Waals surface area contributed by atoms with Crippen molar-refractivity contribution in [3.63, 3.8) is 0 Å². The molecule has 2 aliphatic heterocycles. The molecule has 1 unspecified atom stereocenters. The molecule has 7 nitrogen and oxygen atoms in total. The molecule has 2 heterocycles. The van der Waals surface area contributed by atoms with Crippen LogP contribution in [0.4, 0.5) is 10.5 Å². The first kappa shape index (κ1) is 26.1. The number of anilines is 1. The fourth-order valence-corrected chi connectivity index (χ4v) is 6.63. The van der Waals surface area contributed by atoms with Crippen molar-refractivity contribution in [3.05, 3.63) is 29.8 Å². The van der Waals surface area contributed by atoms with Crippen molar-refractivity contribution in [2.45, 2.75) is 96.1 Å². The molecule has 4 aliphatic rings. The average molecular weight is 510 g/mol. The quantitative estimate of drug-likeness (QED) is 0.545. The molecule has 1 N–H and O–H groups in total. The molecule has 2 saturated carbocycles. The molecule has 202 valence electrons. The van der Waals surface area contributed by atoms with Gasteiger partial charge in [-0.3, -0.25) is 9.59 Å². The minimum Gasteiger partial charge on any atom is -0.444 e. The van der Waals surface area contributed by atoms with Gasteiger partial charge in [0.05, 0.1) is 5.92 Å². The van der Waals surface area contributed by atoms with E-state index in [2.05, 4.69) is 10.2 Å². The Balaban J connectivity index is 1.34. The number of carbonyl (C=O) groups is 3. The smallest absolute Gasteiger partial charge is 0.410 e. The van der Waals surface area contributed by atoms with Gasteiger partial charge in [0.2, 0.25) is 11.8 Å². The summed E-state index contributed by atoms with van der Waals surface area (Å²) >= 11 is 0. The number of fused-ring (bicyclic) bond motifs is 1. The molecule has 3 amide bonds. The van der Waals surface area contributed by atoms with Crippen LogP contribution < -0.4 is 5.32 Å². The number of carbonyl (C=O) groups excluding carboxylic acids is 3. The zero-order valence-corrected chi connectivity index (χ0v) is 22.7. The van der Waals surface area contributed by atoms with Gasteiger partial charge in [-0.2, -0.15) is 0 Å². The number of likely N-dealkylation sites (tertiary alicyclic amines) is 1. The molecular weight excluding hydrogens is 466 g/mol. The Kier molecular flexibility index (Phi) is 7.51. The summed E-state index contributed by atoms with van der Waals surface area (Å²) < 4.78 is 5.73. The van der Waals surface area contributed by atoms with Gasteiger partial charge in [0.25, 0.3) is 0 Å². The number of hydrogen-bond donors (Lipinski definition) is 1. The van der Waals surface area contributed by atoms with Gasteiger partial charge >= 0.3 is 6.09 Å². The van der Waals surface area contributed by atoms with Crippen LogP contribution in [0.15, 0.2) is 24.3 Å². The number of hydrogen-bond acceptors (Lipinski definition) is 4. The minimum atomic E-state index is -0.529. The predicted octanol–water partition coefficient (Wildman–Crippen LogP) is 5.56. The van der Waals surface area contributed by atoms with Gasteiger partial charge in [0.1, 0.15) is 5.60 Å². The Hall–Kier alpha value is -2.57. The molecule has 37 heavy (non-hydrogen) atoms. The molecule has 3 fully saturated rings. The topological polar surface area (TPSA) is 79.0 Å². The number of amides is 3. The lowest BCUT2D eigenvalue weighted by atomic mass is 9.79. The summed E-state index contributed by atoms with van der Waals surface area (Å²) in [5.74, 6) is 0.833. The van der Waals surface area contributed by atoms with E-state index < -0.39 is 11.5 Å². The molecule has 0 bridgehead atoms. The first-order chi connectivity index (χ1) is 17.7. The number of rotatable bonds is 6. The third-order valence-corrected chi connectivity index (χ3v) is 8.59. The lowest BCUT2D eigenvalue weighted by Crippen LogP contribution is -2.44. The lowest BCUT2D eigenvalue weighted by molar-refractivity contribution is -0.136. The fraction of sp³-hybridized carbons (Fsp3) is 0.700. The van der Waals surface area contributed by atoms with Crippen molar-refractivity contribution >= 4 is 23.6 Å². The Labute approximate surface area is 221 Å². The van der Waals surface area contributed by atoms with Crippen molar-refractivity contribution in [2.24, 2.45) is 17.8 Å². The van der Waals surface area contributed by atoms with Crippen LogP contribution >= 0.6 is 0 Å². The Bertz CT molecular complexity index is 1010. The zero-order chi connectivity index (χ0) is 26.2. The van der Waals surface area contributed by atoms with E-state index in [-0.39, 0.29) is 36.3 Å². The van der Waals surface area contributed by atoms with Gasteiger partial charge < -0.3 is 19.9 Å². The van der Waals surface area contributed by atoms with E-state index in [1.54, 1.807) is 0 Å². The van der Waals surface area contributed by atoms with Crippen molar-refractivity contribution in [2.75, 3.05) is 25.0 Å². The number of para-hydroxylation sites is 1. The van der Waals surface area contributed by atoms with E-state index in [0.717, 1.165) is 30.5 Å². The molecule has 3 atom stereocenters. The van der Waals surface area contributed by atoms with E-state index in [4.69, 9.17) is 4.74 Å². The Morgan fingerprint density at radius 2 is 1.73 bits per heavy atom. The third-order valence-electron chi connectivity index (χ3n) is 8.59. The molecule has 2 aliphatic carbocycles. The van der Waals surface area contributed by atoms with E-state index >= 15 is 0 Å². The first-order valence-electron chi connectivity index (χ1n) is 14.3. The van der Waals surface area contributed by atoms with Crippen LogP contribution in [0.1, 0.15) is 90.0 Å². The van der Waals surface area contributed by atoms with Gasteiger partial charge in [-0.25, -0.2) is 4.79 Å². The maximum Gasteiger partial charge on any atom is 0.410 e. The normalized spacial score (nSPS) is 26.4. The van der Waals surface area contributed by atoms with Gasteiger partial charge in [-0.05, 0) is 69.4 Å². The second kappa shape index (κ2) is 10.7. The van der Waals surface area contributed by atoms with E-state index in [0.29, 0.717) is 31.5 Å². The van der Waals surface area contributed by atoms with E-state index in [1.807, 2.05) is 49.9 Å². The second-order valence-corrected chi connectivity index (χ2v) is 12.8. The highest BCUT2D eigenvalue weighted by Gasteiger charge is 2.44. The summed E-state index contributed by atoms with van der Waals surface area (Å²) in [6.45, 7) is 7.71. The summed E-state index contributed by atoms with van der Waals surface area (Å²) in [7, 11) is 0. The second-order valence-electron chi connectivity index (χ2n) is 12.8. The van der Waals surface area contributed by atoms with Crippen LogP contribution in [-0.2, 0) is 14.3 Å². The van der Waals surface area contributed by atoms with E-state index in [9.17, 15) is 14.4 Å². The standard InChI is InChI=1S/C30H43N3O4/c1-30(2,3)37-29(36)32-17-21(15-20-9-5-4-6-10-20)22(18-32)19-33(23-13-14-23)28(35)25-16-27(34)31-26-12-8-7-11-24(25)26/h7-8,11-12,20-23,25H,4-6,9-10,13-19H2,1-3H3,(H,31,34)/t21-,22+,25?/m1/s1. The highest BCUT2D eigenvalue weighted by molar-refractivity contribution is 6.01. The van der Waals surface area contributed by atoms with Gasteiger partial charge in [0, 0.05) is 37.8 Å². The van der Waals surface area contributed by atoms with Crippen LogP contribution in [0, 0.1) is 17.8 Å². The number of nitrogens with zero attached hydrogens (tertiary/aromatic N) is 2. The van der Waals surface area contributed by atoms with Gasteiger partial charge in [0.15, 0.2) is 0 Å². The summed E-state index contributed by atoms with van der Waals surface area (Å²) in [4.78, 5) is 43.4. The number of nitrogens with one attached hydrogen (secondary N) is 1. The maximum atomic E-state index is 14.0. The minimum absolute atomic E-state index is 0.0666. The molecule has 0 aromatic heterocycles. The fourth-order valence-electron chi connectivity index (χ4n) is 6.63. The summed E-state index contributed by atoms with van der Waals surface area (Å²) in [6, 6.07) is 7.92. The predicted molar refractivity (Wildman–Crippen MR) is 143 cm³/mol. The van der Waals surface area contributed by atoms with Crippen LogP contribution in [0.2, 0.25) is 0 Å². The van der Waals surface area contributed by atoms with Crippen LogP contribution in [-0.4, -0.2) is 59.0 Å². The molecule has 1 aromatic carbocycles. The zero-order valence-electron chi connectivity index (χ0n) is 22.7. The molecule has 5 rings (SSSR count). The van der Waals surface area contributed by atoms with Crippen molar-refractivity contribution in [1.29, 1.82) is 0 Å². The van der Waals surface area contributed by atoms with Crippen LogP contribution in [0.25, 0.3) is 0 Å². The van der Waals surface area contributed by atoms with Crippen molar-refractivity contribution in [3.8, 4) is 0 Å². The van der Waals surface area contributed by atoms with Crippen molar-refractivity contribution in [1.82, 2.24) is 9.80 Å². The molecular formula is C30H43N3O4. The SMILES string of the molecule is CC(C)(C)OC(=O)N1C[C@@H](CC2CCCCC2)[C@H](CN(C(=O)C2CC(=O)Nc3ccccc32)C2CC2)C1. The molecule has 0 radical (unpaired) electrons. The third kappa shape index (κ3) is 6.29.